The van der Waals surface area contributed by atoms with Crippen LogP contribution >= 0.6 is 0 Å². The van der Waals surface area contributed by atoms with Crippen molar-refractivity contribution in [3.63, 3.8) is 0 Å². The number of nitrogens with zero attached hydrogens (tertiary/aromatic N) is 4. The fraction of sp³-hybridized carbons (Fsp3) is 0.263. The van der Waals surface area contributed by atoms with E-state index >= 15 is 0 Å². The number of carbonyl (C=O) groups is 1. The van der Waals surface area contributed by atoms with Crippen LogP contribution in [0.15, 0.2) is 60.7 Å². The summed E-state index contributed by atoms with van der Waals surface area (Å²) >= 11 is 0. The first-order chi connectivity index (χ1) is 13.2. The third kappa shape index (κ3) is 4.11. The van der Waals surface area contributed by atoms with Crippen LogP contribution in [0.4, 0.5) is 10.2 Å². The van der Waals surface area contributed by atoms with E-state index in [1.165, 1.54) is 6.08 Å². The Morgan fingerprint density at radius 2 is 2.30 bits per heavy atom. The van der Waals surface area contributed by atoms with Gasteiger partial charge in [-0.25, -0.2) is 19.0 Å². The largest absolute Gasteiger partial charge is 0.490 e. The predicted octanol–water partition coefficient (Wildman–Crippen LogP) is 3.19. The first-order valence-electron chi connectivity index (χ1n) is 8.68. The van der Waals surface area contributed by atoms with Crippen molar-refractivity contribution in [1.29, 1.82) is 0 Å². The normalized spacial score (nSPS) is 21.0. The zero-order valence-electron chi connectivity index (χ0n) is 14.5. The lowest BCUT2D eigenvalue weighted by Gasteiger charge is -2.14. The Bertz CT molecular complexity index is 912. The molecule has 7 nitrogen and oxygen atoms in total. The summed E-state index contributed by atoms with van der Waals surface area (Å²) in [5, 5.41) is 6.97. The van der Waals surface area contributed by atoms with Crippen molar-refractivity contribution < 1.29 is 13.9 Å². The highest BCUT2D eigenvalue weighted by atomic mass is 19.1. The molecule has 27 heavy (non-hydrogen) atoms. The molecule has 2 atom stereocenters. The number of hydrogen-bond donors (Lipinski definition) is 1. The Morgan fingerprint density at radius 1 is 1.37 bits per heavy atom. The highest BCUT2D eigenvalue weighted by Crippen LogP contribution is 2.26. The van der Waals surface area contributed by atoms with Gasteiger partial charge in [0.2, 0.25) is 5.91 Å². The van der Waals surface area contributed by atoms with Crippen LogP contribution in [0.5, 0.6) is 0 Å². The Hall–Kier alpha value is -3.29. The maximum atomic E-state index is 13.1. The van der Waals surface area contributed by atoms with Gasteiger partial charge in [0, 0.05) is 31.3 Å². The fourth-order valence-corrected chi connectivity index (χ4v) is 2.88. The van der Waals surface area contributed by atoms with Crippen molar-refractivity contribution in [3.8, 4) is 5.82 Å². The quantitative estimate of drug-likeness (QED) is 0.878. The first kappa shape index (κ1) is 17.1. The van der Waals surface area contributed by atoms with Crippen molar-refractivity contribution >= 4 is 11.7 Å². The molecule has 1 aliphatic carbocycles. The fourth-order valence-electron chi connectivity index (χ4n) is 2.88. The molecule has 0 saturated carbocycles. The van der Waals surface area contributed by atoms with E-state index in [0.717, 1.165) is 5.57 Å². The van der Waals surface area contributed by atoms with Gasteiger partial charge >= 0.3 is 0 Å². The van der Waals surface area contributed by atoms with Gasteiger partial charge in [-0.3, -0.25) is 4.79 Å². The van der Waals surface area contributed by atoms with Crippen LogP contribution in [0.25, 0.3) is 5.82 Å². The van der Waals surface area contributed by atoms with E-state index in [9.17, 15) is 9.18 Å². The maximum Gasteiger partial charge on any atom is 0.229 e. The van der Waals surface area contributed by atoms with E-state index in [4.69, 9.17) is 4.74 Å². The zero-order chi connectivity index (χ0) is 18.6. The van der Waals surface area contributed by atoms with E-state index < -0.39 is 6.17 Å². The molecule has 0 saturated heterocycles. The van der Waals surface area contributed by atoms with Gasteiger partial charge in [-0.15, -0.1) is 0 Å². The number of ether oxygens (including phenoxy) is 1. The summed E-state index contributed by atoms with van der Waals surface area (Å²) in [7, 11) is 0. The zero-order valence-corrected chi connectivity index (χ0v) is 14.5. The molecule has 1 amide bonds. The molecule has 0 radical (unpaired) electrons. The molecule has 0 fully saturated rings. The van der Waals surface area contributed by atoms with Gasteiger partial charge in [0.25, 0.3) is 0 Å². The van der Waals surface area contributed by atoms with E-state index in [-0.39, 0.29) is 18.4 Å². The van der Waals surface area contributed by atoms with Crippen LogP contribution in [0.2, 0.25) is 0 Å². The highest BCUT2D eigenvalue weighted by Gasteiger charge is 2.20. The Balaban J connectivity index is 1.54. The van der Waals surface area contributed by atoms with Gasteiger partial charge in [-0.1, -0.05) is 18.2 Å². The molecule has 0 bridgehead atoms. The number of halogens is 1. The minimum Gasteiger partial charge on any atom is -0.490 e. The SMILES string of the molecule is O=C(CC1=CCC(F)C=C1)Nc1cc(-n2cccn2)nc(C2CC=CO2)n1. The second kappa shape index (κ2) is 7.53. The van der Waals surface area contributed by atoms with E-state index in [1.807, 2.05) is 6.08 Å². The molecule has 8 heteroatoms. The molecule has 0 spiro atoms. The molecule has 3 heterocycles. The lowest BCUT2D eigenvalue weighted by Crippen LogP contribution is -2.16. The number of rotatable bonds is 5. The number of amides is 1. The van der Waals surface area contributed by atoms with Crippen molar-refractivity contribution in [2.75, 3.05) is 5.32 Å². The standard InChI is InChI=1S/C19H18FN5O2/c20-14-6-4-13(5-7-14)11-18(26)22-16-12-17(25-9-2-8-21-25)24-19(23-16)15-3-1-10-27-15/h1-2,4-6,8-10,12,14-15H,3,7,11H2,(H,22,23,24,26). The lowest BCUT2D eigenvalue weighted by molar-refractivity contribution is -0.115. The molecular formula is C19H18FN5O2. The van der Waals surface area contributed by atoms with Crippen LogP contribution < -0.4 is 5.32 Å². The van der Waals surface area contributed by atoms with Crippen molar-refractivity contribution in [3.05, 3.63) is 66.5 Å². The molecule has 4 rings (SSSR count). The number of allylic oxidation sites excluding steroid dienone is 3. The predicted molar refractivity (Wildman–Crippen MR) is 96.7 cm³/mol. The van der Waals surface area contributed by atoms with Crippen LogP contribution in [-0.4, -0.2) is 31.8 Å². The van der Waals surface area contributed by atoms with Crippen LogP contribution in [0.1, 0.15) is 31.2 Å². The smallest absolute Gasteiger partial charge is 0.229 e. The number of nitrogens with one attached hydrogen (secondary N) is 1. The molecule has 2 aromatic heterocycles. The third-order valence-electron chi connectivity index (χ3n) is 4.20. The van der Waals surface area contributed by atoms with Gasteiger partial charge in [-0.05, 0) is 17.7 Å². The summed E-state index contributed by atoms with van der Waals surface area (Å²) in [4.78, 5) is 21.3. The Labute approximate surface area is 155 Å². The molecule has 2 aromatic rings. The second-order valence-corrected chi connectivity index (χ2v) is 6.27. The van der Waals surface area contributed by atoms with Gasteiger partial charge < -0.3 is 10.1 Å². The summed E-state index contributed by atoms with van der Waals surface area (Å²) in [5.41, 5.74) is 0.784. The number of hydrogen-bond acceptors (Lipinski definition) is 5. The van der Waals surface area contributed by atoms with Crippen LogP contribution in [-0.2, 0) is 9.53 Å². The number of aromatic nitrogens is 4. The maximum absolute atomic E-state index is 13.1. The summed E-state index contributed by atoms with van der Waals surface area (Å²) in [6.45, 7) is 0. The third-order valence-corrected chi connectivity index (χ3v) is 4.20. The Morgan fingerprint density at radius 3 is 3.00 bits per heavy atom. The molecule has 1 N–H and O–H groups in total. The molecule has 1 aliphatic heterocycles. The highest BCUT2D eigenvalue weighted by molar-refractivity contribution is 5.92. The number of alkyl halides is 1. The summed E-state index contributed by atoms with van der Waals surface area (Å²) in [5.74, 6) is 1.15. The topological polar surface area (TPSA) is 81.9 Å². The molecule has 138 valence electrons. The summed E-state index contributed by atoms with van der Waals surface area (Å²) in [6.07, 6.45) is 11.6. The van der Waals surface area contributed by atoms with Crippen LogP contribution in [0.3, 0.4) is 0 Å². The van der Waals surface area contributed by atoms with Gasteiger partial charge in [0.15, 0.2) is 17.7 Å². The second-order valence-electron chi connectivity index (χ2n) is 6.27. The van der Waals surface area contributed by atoms with E-state index in [1.54, 1.807) is 47.6 Å². The lowest BCUT2D eigenvalue weighted by atomic mass is 10.0. The number of carbonyl (C=O) groups excluding carboxylic acids is 1. The molecule has 2 unspecified atom stereocenters. The van der Waals surface area contributed by atoms with Gasteiger partial charge in [-0.2, -0.15) is 5.10 Å². The average Bonchev–Trinajstić information content (AvgIpc) is 3.37. The summed E-state index contributed by atoms with van der Waals surface area (Å²) in [6, 6.07) is 3.44. The van der Waals surface area contributed by atoms with E-state index in [2.05, 4.69) is 20.4 Å². The van der Waals surface area contributed by atoms with E-state index in [0.29, 0.717) is 30.3 Å². The molecule has 0 aromatic carbocycles. The van der Waals surface area contributed by atoms with Gasteiger partial charge in [0.05, 0.1) is 12.7 Å². The van der Waals surface area contributed by atoms with Crippen LogP contribution in [0, 0.1) is 0 Å². The molecular weight excluding hydrogens is 349 g/mol. The minimum atomic E-state index is -0.974. The Kier molecular flexibility index (Phi) is 4.78. The number of anilines is 1. The van der Waals surface area contributed by atoms with Crippen molar-refractivity contribution in [2.45, 2.75) is 31.5 Å². The van der Waals surface area contributed by atoms with Crippen molar-refractivity contribution in [1.82, 2.24) is 19.7 Å². The average molecular weight is 367 g/mol. The minimum absolute atomic E-state index is 0.154. The summed E-state index contributed by atoms with van der Waals surface area (Å²) < 4.78 is 20.2. The molecule has 2 aliphatic rings. The first-order valence-corrected chi connectivity index (χ1v) is 8.68. The van der Waals surface area contributed by atoms with Crippen molar-refractivity contribution in [2.24, 2.45) is 0 Å². The monoisotopic (exact) mass is 367 g/mol. The van der Waals surface area contributed by atoms with Gasteiger partial charge in [0.1, 0.15) is 12.0 Å².